The number of halogens is 1. The lowest BCUT2D eigenvalue weighted by Crippen LogP contribution is -2.47. The highest BCUT2D eigenvalue weighted by molar-refractivity contribution is 9.10. The van der Waals surface area contributed by atoms with Gasteiger partial charge in [-0.15, -0.1) is 0 Å². The van der Waals surface area contributed by atoms with Crippen molar-refractivity contribution in [1.82, 2.24) is 0 Å². The van der Waals surface area contributed by atoms with Crippen LogP contribution in [0.2, 0.25) is 0 Å². The van der Waals surface area contributed by atoms with Gasteiger partial charge in [0.05, 0.1) is 6.61 Å². The van der Waals surface area contributed by atoms with Gasteiger partial charge in [-0.25, -0.2) is 14.4 Å². The van der Waals surface area contributed by atoms with E-state index in [-0.39, 0.29) is 35.9 Å². The molecule has 0 saturated heterocycles. The van der Waals surface area contributed by atoms with Gasteiger partial charge in [-0.05, 0) is 37.6 Å². The quantitative estimate of drug-likeness (QED) is 0.462. The molecule has 0 bridgehead atoms. The van der Waals surface area contributed by atoms with E-state index in [0.29, 0.717) is 15.7 Å². The van der Waals surface area contributed by atoms with Crippen molar-refractivity contribution in [2.45, 2.75) is 25.9 Å². The SMILES string of the molecule is CCOC(=O)C1=C(N)Nc2ccc(Br)cc2[C@]12C(=O)OC(C)=C2C(=O)OCc1ccccc1. The molecule has 1 spiro atoms. The molecule has 4 rings (SSSR count). The maximum atomic E-state index is 13.5. The summed E-state index contributed by atoms with van der Waals surface area (Å²) in [5, 5.41) is 2.93. The average molecular weight is 513 g/mol. The molecule has 1 atom stereocenters. The third-order valence-electron chi connectivity index (χ3n) is 5.47. The van der Waals surface area contributed by atoms with E-state index < -0.39 is 23.3 Å². The van der Waals surface area contributed by atoms with Gasteiger partial charge in [0.1, 0.15) is 29.3 Å². The Morgan fingerprint density at radius 3 is 2.48 bits per heavy atom. The number of fused-ring (bicyclic) bond motifs is 2. The van der Waals surface area contributed by atoms with Crippen molar-refractivity contribution >= 4 is 39.5 Å². The lowest BCUT2D eigenvalue weighted by molar-refractivity contribution is -0.147. The third kappa shape index (κ3) is 3.68. The van der Waals surface area contributed by atoms with E-state index in [4.69, 9.17) is 19.9 Å². The first-order chi connectivity index (χ1) is 15.8. The molecule has 2 heterocycles. The van der Waals surface area contributed by atoms with Crippen LogP contribution in [0, 0.1) is 0 Å². The van der Waals surface area contributed by atoms with Crippen LogP contribution < -0.4 is 11.1 Å². The number of nitrogens with two attached hydrogens (primary N) is 1. The van der Waals surface area contributed by atoms with Gasteiger partial charge < -0.3 is 25.3 Å². The number of benzene rings is 2. The molecule has 0 aliphatic carbocycles. The summed E-state index contributed by atoms with van der Waals surface area (Å²) in [5.74, 6) is -2.56. The van der Waals surface area contributed by atoms with E-state index in [0.717, 1.165) is 5.56 Å². The van der Waals surface area contributed by atoms with Crippen LogP contribution in [0.4, 0.5) is 5.69 Å². The summed E-state index contributed by atoms with van der Waals surface area (Å²) < 4.78 is 16.8. The van der Waals surface area contributed by atoms with Crippen LogP contribution in [0.25, 0.3) is 0 Å². The Kier molecular flexibility index (Phi) is 5.99. The second-order valence-electron chi connectivity index (χ2n) is 7.46. The Balaban J connectivity index is 1.89. The topological polar surface area (TPSA) is 117 Å². The van der Waals surface area contributed by atoms with E-state index in [1.807, 2.05) is 18.2 Å². The number of hydrogen-bond donors (Lipinski definition) is 2. The van der Waals surface area contributed by atoms with Crippen molar-refractivity contribution in [3.63, 3.8) is 0 Å². The van der Waals surface area contributed by atoms with Crippen molar-refractivity contribution in [3.8, 4) is 0 Å². The Morgan fingerprint density at radius 1 is 1.09 bits per heavy atom. The number of hydrogen-bond acceptors (Lipinski definition) is 8. The minimum Gasteiger partial charge on any atom is -0.462 e. The fraction of sp³-hybridized carbons (Fsp3) is 0.208. The third-order valence-corrected chi connectivity index (χ3v) is 5.97. The molecule has 0 amide bonds. The molecule has 3 N–H and O–H groups in total. The number of anilines is 1. The summed E-state index contributed by atoms with van der Waals surface area (Å²) in [6, 6.07) is 14.2. The van der Waals surface area contributed by atoms with Crippen LogP contribution in [-0.4, -0.2) is 24.5 Å². The molecule has 0 fully saturated rings. The lowest BCUT2D eigenvalue weighted by Gasteiger charge is -2.36. The largest absolute Gasteiger partial charge is 0.462 e. The molecule has 0 saturated carbocycles. The van der Waals surface area contributed by atoms with Crippen LogP contribution in [0.3, 0.4) is 0 Å². The average Bonchev–Trinajstić information content (AvgIpc) is 3.04. The number of allylic oxidation sites excluding steroid dienone is 1. The van der Waals surface area contributed by atoms with Gasteiger partial charge in [-0.3, -0.25) is 0 Å². The standard InChI is InChI=1S/C24H21BrN2O6/c1-3-31-22(29)19-20(26)27-17-10-9-15(25)11-16(17)24(19)18(13(2)33-23(24)30)21(28)32-12-14-7-5-4-6-8-14/h4-11,27H,3,12,26H2,1-2H3/t24-/m1/s1. The highest BCUT2D eigenvalue weighted by Gasteiger charge is 2.62. The molecule has 170 valence electrons. The fourth-order valence-electron chi connectivity index (χ4n) is 4.14. The Hall–Kier alpha value is -3.59. The monoisotopic (exact) mass is 512 g/mol. The van der Waals surface area contributed by atoms with Crippen molar-refractivity contribution in [2.24, 2.45) is 5.73 Å². The zero-order valence-corrected chi connectivity index (χ0v) is 19.5. The predicted octanol–water partition coefficient (Wildman–Crippen LogP) is 3.42. The maximum absolute atomic E-state index is 13.5. The highest BCUT2D eigenvalue weighted by atomic mass is 79.9. The second kappa shape index (κ2) is 8.74. The zero-order valence-electron chi connectivity index (χ0n) is 17.9. The lowest BCUT2D eigenvalue weighted by atomic mass is 9.67. The molecule has 8 nitrogen and oxygen atoms in total. The molecule has 2 aliphatic heterocycles. The fourth-order valence-corrected chi connectivity index (χ4v) is 4.50. The van der Waals surface area contributed by atoms with Crippen LogP contribution in [-0.2, 0) is 40.6 Å². The van der Waals surface area contributed by atoms with Crippen molar-refractivity contribution in [2.75, 3.05) is 11.9 Å². The first-order valence-corrected chi connectivity index (χ1v) is 11.0. The summed E-state index contributed by atoms with van der Waals surface area (Å²) >= 11 is 3.40. The molecular weight excluding hydrogens is 492 g/mol. The molecule has 2 aromatic rings. The number of ether oxygens (including phenoxy) is 3. The van der Waals surface area contributed by atoms with Crippen LogP contribution in [0.1, 0.15) is 25.0 Å². The molecule has 0 aromatic heterocycles. The van der Waals surface area contributed by atoms with Gasteiger partial charge in [0.15, 0.2) is 5.41 Å². The first kappa shape index (κ1) is 22.6. The van der Waals surface area contributed by atoms with E-state index >= 15 is 0 Å². The Labute approximate surface area is 198 Å². The molecule has 2 aromatic carbocycles. The first-order valence-electron chi connectivity index (χ1n) is 10.2. The van der Waals surface area contributed by atoms with Crippen molar-refractivity contribution in [1.29, 1.82) is 0 Å². The summed E-state index contributed by atoms with van der Waals surface area (Å²) in [5.41, 5.74) is 5.48. The minimum absolute atomic E-state index is 0.0282. The summed E-state index contributed by atoms with van der Waals surface area (Å²) in [7, 11) is 0. The number of esters is 3. The molecule has 2 aliphatic rings. The van der Waals surface area contributed by atoms with E-state index in [1.54, 1.807) is 37.3 Å². The summed E-state index contributed by atoms with van der Waals surface area (Å²) in [4.78, 5) is 40.0. The highest BCUT2D eigenvalue weighted by Crippen LogP contribution is 2.53. The normalized spacial score (nSPS) is 19.2. The number of nitrogens with one attached hydrogen (secondary N) is 1. The van der Waals surface area contributed by atoms with Gasteiger partial charge in [0.25, 0.3) is 0 Å². The van der Waals surface area contributed by atoms with Gasteiger partial charge in [0.2, 0.25) is 0 Å². The molecule has 0 unspecified atom stereocenters. The Morgan fingerprint density at radius 2 is 1.79 bits per heavy atom. The molecular formula is C24H21BrN2O6. The van der Waals surface area contributed by atoms with Crippen LogP contribution in [0.15, 0.2) is 75.7 Å². The van der Waals surface area contributed by atoms with Crippen LogP contribution >= 0.6 is 15.9 Å². The van der Waals surface area contributed by atoms with Gasteiger partial charge in [0, 0.05) is 15.7 Å². The number of carbonyl (C=O) groups is 3. The Bertz CT molecular complexity index is 1220. The zero-order chi connectivity index (χ0) is 23.8. The molecule has 33 heavy (non-hydrogen) atoms. The van der Waals surface area contributed by atoms with Crippen molar-refractivity contribution in [3.05, 3.63) is 86.9 Å². The second-order valence-corrected chi connectivity index (χ2v) is 8.37. The maximum Gasteiger partial charge on any atom is 0.339 e. The predicted molar refractivity (Wildman–Crippen MR) is 122 cm³/mol. The van der Waals surface area contributed by atoms with Crippen molar-refractivity contribution < 1.29 is 28.6 Å². The van der Waals surface area contributed by atoms with E-state index in [1.165, 1.54) is 6.92 Å². The number of cyclic esters (lactones) is 1. The molecule has 9 heteroatoms. The molecule has 0 radical (unpaired) electrons. The minimum atomic E-state index is -1.95. The number of rotatable bonds is 5. The van der Waals surface area contributed by atoms with Crippen LogP contribution in [0.5, 0.6) is 0 Å². The summed E-state index contributed by atoms with van der Waals surface area (Å²) in [6.45, 7) is 3.12. The smallest absolute Gasteiger partial charge is 0.339 e. The van der Waals surface area contributed by atoms with E-state index in [2.05, 4.69) is 21.2 Å². The number of carbonyl (C=O) groups excluding carboxylic acids is 3. The van der Waals surface area contributed by atoms with Gasteiger partial charge in [-0.1, -0.05) is 46.3 Å². The van der Waals surface area contributed by atoms with E-state index in [9.17, 15) is 14.4 Å². The van der Waals surface area contributed by atoms with Gasteiger partial charge in [-0.2, -0.15) is 0 Å². The summed E-state index contributed by atoms with van der Waals surface area (Å²) in [6.07, 6.45) is 0. The van der Waals surface area contributed by atoms with Gasteiger partial charge >= 0.3 is 17.9 Å².